The highest BCUT2D eigenvalue weighted by molar-refractivity contribution is 5.93. The summed E-state index contributed by atoms with van der Waals surface area (Å²) in [6.07, 6.45) is 7.41. The van der Waals surface area contributed by atoms with Gasteiger partial charge in [0.05, 0.1) is 38.6 Å². The summed E-state index contributed by atoms with van der Waals surface area (Å²) in [5.74, 6) is 13.0. The lowest BCUT2D eigenvalue weighted by Crippen LogP contribution is -2.09. The van der Waals surface area contributed by atoms with E-state index in [-0.39, 0.29) is 13.2 Å². The van der Waals surface area contributed by atoms with Crippen LogP contribution in [0.1, 0.15) is 78.1 Å². The molecular weight excluding hydrogens is 717 g/mol. The smallest absolute Gasteiger partial charge is 0.339 e. The number of carbonyl (C=O) groups excluding carboxylic acids is 3. The molecule has 0 fully saturated rings. The first-order valence-corrected chi connectivity index (χ1v) is 19.1. The lowest BCUT2D eigenvalue weighted by atomic mass is 10.0. The molecule has 0 heterocycles. The second kappa shape index (κ2) is 21.9. The Balaban J connectivity index is 1.28. The lowest BCUT2D eigenvalue weighted by molar-refractivity contribution is -0.138. The molecule has 0 saturated heterocycles. The Morgan fingerprint density at radius 3 is 1.53 bits per heavy atom. The molecule has 8 heteroatoms. The molecule has 290 valence electrons. The van der Waals surface area contributed by atoms with Crippen LogP contribution in [0.15, 0.2) is 116 Å². The molecule has 0 atom stereocenters. The predicted molar refractivity (Wildman–Crippen MR) is 223 cm³/mol. The number of ether oxygens (including phenoxy) is 5. The maximum absolute atomic E-state index is 13.4. The molecule has 0 saturated carbocycles. The normalized spacial score (nSPS) is 10.3. The summed E-state index contributed by atoms with van der Waals surface area (Å²) in [6, 6.07) is 29.0. The molecule has 0 spiro atoms. The molecule has 0 aliphatic heterocycles. The van der Waals surface area contributed by atoms with E-state index in [4.69, 9.17) is 23.7 Å². The van der Waals surface area contributed by atoms with Gasteiger partial charge in [0.2, 0.25) is 0 Å². The molecule has 5 rings (SSSR count). The van der Waals surface area contributed by atoms with Crippen LogP contribution in [0.5, 0.6) is 11.5 Å². The molecular formula is C49H46O8. The van der Waals surface area contributed by atoms with Crippen molar-refractivity contribution in [2.75, 3.05) is 33.0 Å². The topological polar surface area (TPSA) is 97.4 Å². The number of fused-ring (bicyclic) bond motifs is 2. The number of rotatable bonds is 18. The van der Waals surface area contributed by atoms with Crippen molar-refractivity contribution in [3.05, 3.63) is 144 Å². The minimum atomic E-state index is -0.447. The van der Waals surface area contributed by atoms with E-state index >= 15 is 0 Å². The third kappa shape index (κ3) is 13.2. The largest absolute Gasteiger partial charge is 0.493 e. The quantitative estimate of drug-likeness (QED) is 0.0287. The minimum Gasteiger partial charge on any atom is -0.493 e. The van der Waals surface area contributed by atoms with Crippen LogP contribution in [0, 0.1) is 23.7 Å². The molecule has 0 unspecified atom stereocenters. The number of unbranched alkanes of at least 4 members (excludes halogenated alkanes) is 3. The SMILES string of the molecule is C=CC(=O)OCCCOc1ccc2cc(C#Cc3ccc(C#Cc4ccc5cc(OCCCOC(=O)C=C)ccc5c4)c(C(=O)OCCCCCC)c3)ccc2c1. The molecule has 0 bridgehead atoms. The van der Waals surface area contributed by atoms with Gasteiger partial charge >= 0.3 is 17.9 Å². The molecule has 0 aliphatic rings. The maximum atomic E-state index is 13.4. The standard InChI is InChI=1S/C49H46O8/c1-4-7-8-9-26-57-49(52)46-33-38(13-12-36-16-20-42-34-44(24-22-40(42)31-36)53-27-10-29-55-47(50)5-2)15-19-39(46)18-14-37-17-21-43-35-45(25-23-41(43)32-37)54-28-11-30-56-48(51)6-3/h5-6,15-17,19-25,31-35H,2-4,7-11,26-30H2,1H3. The van der Waals surface area contributed by atoms with E-state index < -0.39 is 17.9 Å². The summed E-state index contributed by atoms with van der Waals surface area (Å²) < 4.78 is 27.3. The lowest BCUT2D eigenvalue weighted by Gasteiger charge is -2.08. The van der Waals surface area contributed by atoms with Crippen molar-refractivity contribution in [2.24, 2.45) is 0 Å². The zero-order valence-electron chi connectivity index (χ0n) is 32.3. The van der Waals surface area contributed by atoms with Crippen molar-refractivity contribution in [3.63, 3.8) is 0 Å². The Bertz CT molecular complexity index is 2350. The Kier molecular flexibility index (Phi) is 15.9. The van der Waals surface area contributed by atoms with Gasteiger partial charge in [0.15, 0.2) is 0 Å². The molecule has 0 amide bonds. The van der Waals surface area contributed by atoms with Crippen molar-refractivity contribution in [3.8, 4) is 35.2 Å². The van der Waals surface area contributed by atoms with E-state index in [1.54, 1.807) is 6.07 Å². The number of benzene rings is 5. The van der Waals surface area contributed by atoms with Gasteiger partial charge in [-0.1, -0.05) is 87.3 Å². The van der Waals surface area contributed by atoms with Crippen molar-refractivity contribution in [2.45, 2.75) is 45.4 Å². The molecule has 5 aromatic carbocycles. The van der Waals surface area contributed by atoms with Crippen LogP contribution in [-0.4, -0.2) is 50.9 Å². The zero-order valence-corrected chi connectivity index (χ0v) is 32.3. The van der Waals surface area contributed by atoms with Crippen LogP contribution in [0.25, 0.3) is 21.5 Å². The third-order valence-electron chi connectivity index (χ3n) is 8.72. The van der Waals surface area contributed by atoms with Gasteiger partial charge in [0.25, 0.3) is 0 Å². The Morgan fingerprint density at radius 2 is 0.982 bits per heavy atom. The number of hydrogen-bond donors (Lipinski definition) is 0. The van der Waals surface area contributed by atoms with E-state index in [2.05, 4.69) is 43.8 Å². The van der Waals surface area contributed by atoms with Gasteiger partial charge in [0.1, 0.15) is 11.5 Å². The van der Waals surface area contributed by atoms with Gasteiger partial charge in [-0.2, -0.15) is 0 Å². The highest BCUT2D eigenvalue weighted by atomic mass is 16.5. The van der Waals surface area contributed by atoms with Crippen LogP contribution in [0.4, 0.5) is 0 Å². The summed E-state index contributed by atoms with van der Waals surface area (Å²) in [5, 5.41) is 4.00. The Morgan fingerprint density at radius 1 is 0.509 bits per heavy atom. The zero-order chi connectivity index (χ0) is 40.2. The van der Waals surface area contributed by atoms with E-state index in [9.17, 15) is 14.4 Å². The van der Waals surface area contributed by atoms with Crippen molar-refractivity contribution < 1.29 is 38.1 Å². The molecule has 5 aromatic rings. The van der Waals surface area contributed by atoms with Crippen molar-refractivity contribution in [1.29, 1.82) is 0 Å². The summed E-state index contributed by atoms with van der Waals surface area (Å²) in [4.78, 5) is 35.8. The second-order valence-electron chi connectivity index (χ2n) is 13.1. The average molecular weight is 763 g/mol. The summed E-state index contributed by atoms with van der Waals surface area (Å²) in [6.45, 7) is 10.6. The van der Waals surface area contributed by atoms with Gasteiger partial charge < -0.3 is 23.7 Å². The fourth-order valence-electron chi connectivity index (χ4n) is 5.70. The second-order valence-corrected chi connectivity index (χ2v) is 13.1. The molecule has 0 N–H and O–H groups in total. The molecule has 0 radical (unpaired) electrons. The van der Waals surface area contributed by atoms with Gasteiger partial charge in [-0.3, -0.25) is 0 Å². The molecule has 0 aliphatic carbocycles. The van der Waals surface area contributed by atoms with Crippen LogP contribution >= 0.6 is 0 Å². The van der Waals surface area contributed by atoms with E-state index in [0.29, 0.717) is 49.4 Å². The molecule has 57 heavy (non-hydrogen) atoms. The first-order valence-electron chi connectivity index (χ1n) is 19.1. The van der Waals surface area contributed by atoms with Gasteiger partial charge in [-0.05, 0) is 94.7 Å². The minimum absolute atomic E-state index is 0.265. The fourth-order valence-corrected chi connectivity index (χ4v) is 5.70. The maximum Gasteiger partial charge on any atom is 0.339 e. The summed E-state index contributed by atoms with van der Waals surface area (Å²) in [7, 11) is 0. The van der Waals surface area contributed by atoms with Crippen LogP contribution in [0.3, 0.4) is 0 Å². The summed E-state index contributed by atoms with van der Waals surface area (Å²) in [5.41, 5.74) is 3.22. The highest BCUT2D eigenvalue weighted by Gasteiger charge is 2.13. The third-order valence-corrected chi connectivity index (χ3v) is 8.72. The predicted octanol–water partition coefficient (Wildman–Crippen LogP) is 9.53. The van der Waals surface area contributed by atoms with Crippen LogP contribution in [0.2, 0.25) is 0 Å². The van der Waals surface area contributed by atoms with Gasteiger partial charge in [-0.15, -0.1) is 0 Å². The first kappa shape index (κ1) is 41.4. The number of esters is 3. The highest BCUT2D eigenvalue weighted by Crippen LogP contribution is 2.24. The average Bonchev–Trinajstić information content (AvgIpc) is 3.24. The van der Waals surface area contributed by atoms with E-state index in [1.807, 2.05) is 84.9 Å². The number of carbonyl (C=O) groups is 3. The van der Waals surface area contributed by atoms with Gasteiger partial charge in [0, 0.05) is 47.2 Å². The fraction of sp³-hybridized carbons (Fsp3) is 0.245. The van der Waals surface area contributed by atoms with E-state index in [1.165, 1.54) is 0 Å². The number of hydrogen-bond acceptors (Lipinski definition) is 8. The van der Waals surface area contributed by atoms with Crippen molar-refractivity contribution in [1.82, 2.24) is 0 Å². The Labute approximate surface area is 334 Å². The molecule has 8 nitrogen and oxygen atoms in total. The van der Waals surface area contributed by atoms with Crippen molar-refractivity contribution >= 4 is 39.5 Å². The first-order chi connectivity index (χ1) is 27.8. The van der Waals surface area contributed by atoms with Crippen LogP contribution < -0.4 is 9.47 Å². The van der Waals surface area contributed by atoms with Crippen LogP contribution in [-0.2, 0) is 23.8 Å². The van der Waals surface area contributed by atoms with E-state index in [0.717, 1.165) is 82.0 Å². The Hall–Kier alpha value is -6.77. The van der Waals surface area contributed by atoms with Gasteiger partial charge in [-0.25, -0.2) is 14.4 Å². The monoisotopic (exact) mass is 762 g/mol. The molecule has 0 aromatic heterocycles. The summed E-state index contributed by atoms with van der Waals surface area (Å²) >= 11 is 0.